The van der Waals surface area contributed by atoms with Crippen molar-refractivity contribution >= 4 is 5.91 Å². The highest BCUT2D eigenvalue weighted by Crippen LogP contribution is 2.17. The lowest BCUT2D eigenvalue weighted by Crippen LogP contribution is -2.32. The summed E-state index contributed by atoms with van der Waals surface area (Å²) in [5.74, 6) is -0.222. The molecule has 0 saturated carbocycles. The molecule has 1 aliphatic rings. The Morgan fingerprint density at radius 3 is 2.90 bits per heavy atom. The number of halogens is 1. The number of aromatic nitrogens is 5. The van der Waals surface area contributed by atoms with E-state index in [1.54, 1.807) is 38.1 Å². The van der Waals surface area contributed by atoms with E-state index in [-0.39, 0.29) is 30.1 Å². The van der Waals surface area contributed by atoms with Crippen LogP contribution in [0.5, 0.6) is 0 Å². The molecule has 0 spiro atoms. The minimum atomic E-state index is -0.341. The van der Waals surface area contributed by atoms with Gasteiger partial charge in [0.2, 0.25) is 5.82 Å². The summed E-state index contributed by atoms with van der Waals surface area (Å²) in [7, 11) is 0. The topological polar surface area (TPSA) is 104 Å². The number of nitrogens with zero attached hydrogens (tertiary/aromatic N) is 5. The summed E-state index contributed by atoms with van der Waals surface area (Å²) in [6, 6.07) is 8.15. The summed E-state index contributed by atoms with van der Waals surface area (Å²) >= 11 is 0. The van der Waals surface area contributed by atoms with Gasteiger partial charge in [-0.3, -0.25) is 4.79 Å². The van der Waals surface area contributed by atoms with Crippen LogP contribution in [-0.2, 0) is 22.6 Å². The summed E-state index contributed by atoms with van der Waals surface area (Å²) in [5.41, 5.74) is 2.87. The van der Waals surface area contributed by atoms with E-state index in [0.717, 1.165) is 5.56 Å². The number of benzene rings is 1. The first-order valence-electron chi connectivity index (χ1n) is 9.97. The zero-order chi connectivity index (χ0) is 21.8. The van der Waals surface area contributed by atoms with Gasteiger partial charge in [0, 0.05) is 17.8 Å². The fourth-order valence-corrected chi connectivity index (χ4v) is 3.26. The number of carbonyl (C=O) groups excluding carboxylic acids is 1. The first-order chi connectivity index (χ1) is 15.0. The summed E-state index contributed by atoms with van der Waals surface area (Å²) < 4.78 is 24.4. The normalized spacial score (nSPS) is 16.3. The van der Waals surface area contributed by atoms with E-state index in [0.29, 0.717) is 49.0 Å². The minimum absolute atomic E-state index is 0.119. The number of rotatable bonds is 6. The van der Waals surface area contributed by atoms with E-state index in [9.17, 15) is 9.18 Å². The molecular weight excluding hydrogens is 403 g/mol. The summed E-state index contributed by atoms with van der Waals surface area (Å²) in [6.07, 6.45) is -0.119. The zero-order valence-electron chi connectivity index (χ0n) is 17.3. The van der Waals surface area contributed by atoms with Gasteiger partial charge in [-0.05, 0) is 48.4 Å². The molecule has 0 bridgehead atoms. The second kappa shape index (κ2) is 9.27. The Morgan fingerprint density at radius 2 is 2.13 bits per heavy atom. The number of ether oxygens (including phenoxy) is 2. The molecule has 2 aromatic heterocycles. The molecular formula is C21H23FN6O3. The highest BCUT2D eigenvalue weighted by molar-refractivity contribution is 5.93. The first-order valence-corrected chi connectivity index (χ1v) is 9.97. The molecule has 3 aromatic rings. The fourth-order valence-electron chi connectivity index (χ4n) is 3.26. The second-order valence-corrected chi connectivity index (χ2v) is 7.38. The predicted molar refractivity (Wildman–Crippen MR) is 109 cm³/mol. The molecule has 162 valence electrons. The smallest absolute Gasteiger partial charge is 0.270 e. The van der Waals surface area contributed by atoms with Crippen molar-refractivity contribution in [1.29, 1.82) is 0 Å². The summed E-state index contributed by atoms with van der Waals surface area (Å²) in [4.78, 5) is 18.4. The van der Waals surface area contributed by atoms with Gasteiger partial charge in [-0.25, -0.2) is 9.37 Å². The maximum atomic E-state index is 13.4. The Morgan fingerprint density at radius 1 is 1.26 bits per heavy atom. The molecule has 10 heteroatoms. The average molecular weight is 426 g/mol. The second-order valence-electron chi connectivity index (χ2n) is 7.38. The SMILES string of the molecule is Cc1cc(-c2nnn(CC3COCCO3)n2)cc(C(=O)NCc2ccc(F)c(C)c2)n1. The standard InChI is InChI=1S/C21H23FN6O3/c1-13-7-15(3-4-18(13)22)10-23-21(29)19-9-16(8-14(2)24-19)20-25-27-28(26-20)11-17-12-30-5-6-31-17/h3-4,7-9,17H,5-6,10-12H2,1-2H3,(H,23,29). The molecule has 1 atom stereocenters. The van der Waals surface area contributed by atoms with Gasteiger partial charge >= 0.3 is 0 Å². The van der Waals surface area contributed by atoms with E-state index in [2.05, 4.69) is 25.7 Å². The number of hydrogen-bond acceptors (Lipinski definition) is 7. The van der Waals surface area contributed by atoms with Crippen LogP contribution in [0.3, 0.4) is 0 Å². The molecule has 1 saturated heterocycles. The lowest BCUT2D eigenvalue weighted by atomic mass is 10.1. The Kier molecular flexibility index (Phi) is 6.28. The van der Waals surface area contributed by atoms with Crippen molar-refractivity contribution in [1.82, 2.24) is 30.5 Å². The van der Waals surface area contributed by atoms with Crippen LogP contribution >= 0.6 is 0 Å². The van der Waals surface area contributed by atoms with Crippen molar-refractivity contribution in [2.24, 2.45) is 0 Å². The third-order valence-corrected chi connectivity index (χ3v) is 4.82. The Labute approximate surface area is 178 Å². The monoisotopic (exact) mass is 426 g/mol. The summed E-state index contributed by atoms with van der Waals surface area (Å²) in [5, 5.41) is 15.4. The van der Waals surface area contributed by atoms with Crippen molar-refractivity contribution in [3.8, 4) is 11.4 Å². The minimum Gasteiger partial charge on any atom is -0.376 e. The molecule has 1 fully saturated rings. The quantitative estimate of drug-likeness (QED) is 0.641. The number of nitrogens with one attached hydrogen (secondary N) is 1. The van der Waals surface area contributed by atoms with Gasteiger partial charge in [0.05, 0.1) is 26.4 Å². The highest BCUT2D eigenvalue weighted by atomic mass is 19.1. The lowest BCUT2D eigenvalue weighted by Gasteiger charge is -2.21. The van der Waals surface area contributed by atoms with E-state index >= 15 is 0 Å². The van der Waals surface area contributed by atoms with Crippen LogP contribution in [0.1, 0.15) is 27.3 Å². The molecule has 1 aliphatic heterocycles. The van der Waals surface area contributed by atoms with Gasteiger partial charge < -0.3 is 14.8 Å². The predicted octanol–water partition coefficient (Wildman–Crippen LogP) is 1.84. The highest BCUT2D eigenvalue weighted by Gasteiger charge is 2.18. The van der Waals surface area contributed by atoms with Crippen LogP contribution in [-0.4, -0.2) is 57.0 Å². The van der Waals surface area contributed by atoms with Crippen LogP contribution in [0.4, 0.5) is 4.39 Å². The van der Waals surface area contributed by atoms with Crippen molar-refractivity contribution in [2.45, 2.75) is 33.0 Å². The van der Waals surface area contributed by atoms with Crippen molar-refractivity contribution < 1.29 is 18.7 Å². The molecule has 1 unspecified atom stereocenters. The molecule has 0 radical (unpaired) electrons. The molecule has 0 aliphatic carbocycles. The molecule has 9 nitrogen and oxygen atoms in total. The van der Waals surface area contributed by atoms with Gasteiger partial charge in [0.1, 0.15) is 17.6 Å². The Bertz CT molecular complexity index is 1080. The largest absolute Gasteiger partial charge is 0.376 e. The van der Waals surface area contributed by atoms with Crippen molar-refractivity contribution in [3.63, 3.8) is 0 Å². The Hall–Kier alpha value is -3.24. The molecule has 1 aromatic carbocycles. The van der Waals surface area contributed by atoms with E-state index < -0.39 is 0 Å². The molecule has 1 amide bonds. The first kappa shape index (κ1) is 21.0. The number of hydrogen-bond donors (Lipinski definition) is 1. The average Bonchev–Trinajstić information content (AvgIpc) is 3.23. The van der Waals surface area contributed by atoms with Gasteiger partial charge in [-0.1, -0.05) is 12.1 Å². The number of aryl methyl sites for hydroxylation is 2. The van der Waals surface area contributed by atoms with Crippen LogP contribution in [0, 0.1) is 19.7 Å². The van der Waals surface area contributed by atoms with Gasteiger partial charge in [0.25, 0.3) is 5.91 Å². The van der Waals surface area contributed by atoms with Crippen LogP contribution in [0.2, 0.25) is 0 Å². The fraction of sp³-hybridized carbons (Fsp3) is 0.381. The zero-order valence-corrected chi connectivity index (χ0v) is 17.3. The van der Waals surface area contributed by atoms with Crippen LogP contribution < -0.4 is 5.32 Å². The van der Waals surface area contributed by atoms with Gasteiger partial charge in [0.15, 0.2) is 0 Å². The number of amides is 1. The van der Waals surface area contributed by atoms with Gasteiger partial charge in [-0.2, -0.15) is 4.80 Å². The third-order valence-electron chi connectivity index (χ3n) is 4.82. The third kappa shape index (κ3) is 5.28. The van der Waals surface area contributed by atoms with Gasteiger partial charge in [-0.15, -0.1) is 10.2 Å². The number of pyridine rings is 1. The Balaban J connectivity index is 1.45. The maximum Gasteiger partial charge on any atom is 0.270 e. The van der Waals surface area contributed by atoms with Crippen LogP contribution in [0.25, 0.3) is 11.4 Å². The lowest BCUT2D eigenvalue weighted by molar-refractivity contribution is -0.0959. The van der Waals surface area contributed by atoms with E-state index in [1.165, 1.54) is 10.9 Å². The maximum absolute atomic E-state index is 13.4. The van der Waals surface area contributed by atoms with E-state index in [4.69, 9.17) is 9.47 Å². The van der Waals surface area contributed by atoms with Crippen molar-refractivity contribution in [2.75, 3.05) is 19.8 Å². The molecule has 1 N–H and O–H groups in total. The summed E-state index contributed by atoms with van der Waals surface area (Å²) in [6.45, 7) is 5.80. The van der Waals surface area contributed by atoms with Crippen molar-refractivity contribution in [3.05, 3.63) is 58.7 Å². The molecule has 3 heterocycles. The molecule has 4 rings (SSSR count). The number of tetrazole rings is 1. The van der Waals surface area contributed by atoms with E-state index in [1.807, 2.05) is 0 Å². The number of carbonyl (C=O) groups is 1. The molecule has 31 heavy (non-hydrogen) atoms. The van der Waals surface area contributed by atoms with Crippen LogP contribution in [0.15, 0.2) is 30.3 Å².